The van der Waals surface area contributed by atoms with Crippen LogP contribution < -0.4 is 0 Å². The lowest BCUT2D eigenvalue weighted by molar-refractivity contribution is 0.0624. The van der Waals surface area contributed by atoms with Crippen LogP contribution in [-0.2, 0) is 0 Å². The summed E-state index contributed by atoms with van der Waals surface area (Å²) < 4.78 is 15.3. The number of hydrogen-bond donors (Lipinski definition) is 0. The Morgan fingerprint density at radius 2 is 1.62 bits per heavy atom. The smallest absolute Gasteiger partial charge is 0.261 e. The normalized spacial score (nSPS) is 13.2. The Balaban J connectivity index is 1.65. The molecule has 0 radical (unpaired) electrons. The van der Waals surface area contributed by atoms with E-state index in [0.29, 0.717) is 28.1 Å². The van der Waals surface area contributed by atoms with Crippen molar-refractivity contribution in [3.8, 4) is 5.69 Å². The molecule has 1 aliphatic heterocycles. The molecular weight excluding hydrogens is 395 g/mol. The van der Waals surface area contributed by atoms with Crippen molar-refractivity contribution in [2.24, 2.45) is 0 Å². The summed E-state index contributed by atoms with van der Waals surface area (Å²) in [5, 5.41) is -0.0195. The predicted octanol–water partition coefficient (Wildman–Crippen LogP) is 4.37. The first-order valence-electron chi connectivity index (χ1n) is 8.92. The Morgan fingerprint density at radius 3 is 2.21 bits per heavy atom. The molecule has 7 heteroatoms. The van der Waals surface area contributed by atoms with Crippen LogP contribution in [0.5, 0.6) is 0 Å². The van der Waals surface area contributed by atoms with Gasteiger partial charge in [0, 0.05) is 22.6 Å². The van der Waals surface area contributed by atoms with E-state index in [4.69, 9.17) is 11.6 Å². The second-order valence-corrected chi connectivity index (χ2v) is 7.29. The molecule has 0 N–H and O–H groups in total. The fraction of sp³-hybridized carbons (Fsp3) is 0.136. The highest BCUT2D eigenvalue weighted by Gasteiger charge is 2.36. The molecule has 0 saturated carbocycles. The third-order valence-electron chi connectivity index (χ3n) is 5.07. The highest BCUT2D eigenvalue weighted by Crippen LogP contribution is 2.26. The molecule has 4 rings (SSSR count). The number of aryl methyl sites for hydroxylation is 1. The largest absolute Gasteiger partial charge is 0.318 e. The van der Waals surface area contributed by atoms with Gasteiger partial charge in [-0.25, -0.2) is 4.39 Å². The lowest BCUT2D eigenvalue weighted by atomic mass is 10.1. The van der Waals surface area contributed by atoms with E-state index in [-0.39, 0.29) is 17.4 Å². The number of carbonyl (C=O) groups is 3. The van der Waals surface area contributed by atoms with Crippen LogP contribution >= 0.6 is 11.6 Å². The Morgan fingerprint density at radius 1 is 1.00 bits per heavy atom. The van der Waals surface area contributed by atoms with Gasteiger partial charge in [-0.05, 0) is 50.2 Å². The fourth-order valence-electron chi connectivity index (χ4n) is 3.68. The van der Waals surface area contributed by atoms with E-state index in [2.05, 4.69) is 0 Å². The molecule has 0 spiro atoms. The predicted molar refractivity (Wildman–Crippen MR) is 106 cm³/mol. The molecule has 0 saturated heterocycles. The maximum Gasteiger partial charge on any atom is 0.261 e. The molecule has 1 aliphatic rings. The third kappa shape index (κ3) is 3.06. The topological polar surface area (TPSA) is 59.4 Å². The molecule has 2 heterocycles. The van der Waals surface area contributed by atoms with Gasteiger partial charge in [-0.1, -0.05) is 23.7 Å². The average Bonchev–Trinajstić information content (AvgIpc) is 3.13. The lowest BCUT2D eigenvalue weighted by Gasteiger charge is -2.13. The van der Waals surface area contributed by atoms with Crippen LogP contribution in [0.4, 0.5) is 4.39 Å². The van der Waals surface area contributed by atoms with E-state index in [1.807, 2.05) is 6.92 Å². The van der Waals surface area contributed by atoms with Crippen molar-refractivity contribution in [2.45, 2.75) is 13.8 Å². The minimum atomic E-state index is -0.528. The maximum absolute atomic E-state index is 13.5. The van der Waals surface area contributed by atoms with Crippen molar-refractivity contribution >= 4 is 29.2 Å². The molecule has 0 fully saturated rings. The quantitative estimate of drug-likeness (QED) is 0.474. The Kier molecular flexibility index (Phi) is 4.59. The van der Waals surface area contributed by atoms with Crippen LogP contribution in [-0.4, -0.2) is 33.6 Å². The average molecular weight is 411 g/mol. The first kappa shape index (κ1) is 19.1. The van der Waals surface area contributed by atoms with Gasteiger partial charge >= 0.3 is 0 Å². The molecule has 29 heavy (non-hydrogen) atoms. The monoisotopic (exact) mass is 410 g/mol. The van der Waals surface area contributed by atoms with Crippen LogP contribution in [0, 0.1) is 19.7 Å². The Hall–Kier alpha value is -3.25. The van der Waals surface area contributed by atoms with Crippen molar-refractivity contribution in [2.75, 3.05) is 6.54 Å². The van der Waals surface area contributed by atoms with E-state index in [0.717, 1.165) is 10.6 Å². The number of benzene rings is 2. The van der Waals surface area contributed by atoms with Crippen molar-refractivity contribution in [3.05, 3.63) is 87.4 Å². The minimum Gasteiger partial charge on any atom is -0.318 e. The summed E-state index contributed by atoms with van der Waals surface area (Å²) in [5.74, 6) is -1.83. The molecule has 0 bridgehead atoms. The van der Waals surface area contributed by atoms with Gasteiger partial charge < -0.3 is 4.57 Å². The van der Waals surface area contributed by atoms with E-state index in [9.17, 15) is 18.8 Å². The number of ketones is 1. The zero-order valence-electron chi connectivity index (χ0n) is 15.7. The third-order valence-corrected chi connectivity index (χ3v) is 5.36. The summed E-state index contributed by atoms with van der Waals surface area (Å²) in [6.07, 6.45) is 0. The molecule has 2 amide bonds. The molecule has 2 aromatic carbocycles. The van der Waals surface area contributed by atoms with E-state index in [1.54, 1.807) is 47.9 Å². The number of Topliss-reactive ketones (excluding diaryl/α,β-unsaturated/α-hetero) is 1. The summed E-state index contributed by atoms with van der Waals surface area (Å²) >= 11 is 5.89. The van der Waals surface area contributed by atoms with Crippen molar-refractivity contribution in [1.29, 1.82) is 0 Å². The standard InChI is InChI=1S/C22H16ClFN2O3/c1-12-9-17(13(2)26(12)14-7-8-19(24)18(23)10-14)20(27)11-25-21(28)15-5-3-4-6-16(15)22(25)29/h3-10H,11H2,1-2H3. The Bertz CT molecular complexity index is 1160. The molecule has 0 aliphatic carbocycles. The van der Waals surface area contributed by atoms with E-state index in [1.165, 1.54) is 12.1 Å². The molecule has 5 nitrogen and oxygen atoms in total. The maximum atomic E-state index is 13.5. The number of nitrogens with zero attached hydrogens (tertiary/aromatic N) is 2. The van der Waals surface area contributed by atoms with Gasteiger partial charge in [-0.2, -0.15) is 0 Å². The number of aromatic nitrogens is 1. The molecular formula is C22H16ClFN2O3. The first-order chi connectivity index (χ1) is 13.8. The molecule has 3 aromatic rings. The number of imide groups is 1. The van der Waals surface area contributed by atoms with Gasteiger partial charge in [0.1, 0.15) is 5.82 Å². The van der Waals surface area contributed by atoms with Crippen LogP contribution in [0.15, 0.2) is 48.5 Å². The number of carbonyl (C=O) groups excluding carboxylic acids is 3. The van der Waals surface area contributed by atoms with Crippen molar-refractivity contribution in [1.82, 2.24) is 9.47 Å². The molecule has 0 unspecified atom stereocenters. The molecule has 146 valence electrons. The van der Waals surface area contributed by atoms with Gasteiger partial charge in [-0.3, -0.25) is 19.3 Å². The number of rotatable bonds is 4. The minimum absolute atomic E-state index is 0.0195. The number of halogens is 2. The summed E-state index contributed by atoms with van der Waals surface area (Å²) in [7, 11) is 0. The van der Waals surface area contributed by atoms with Crippen LogP contribution in [0.2, 0.25) is 5.02 Å². The van der Waals surface area contributed by atoms with E-state index < -0.39 is 17.6 Å². The molecule has 1 aromatic heterocycles. The SMILES string of the molecule is Cc1cc(C(=O)CN2C(=O)c3ccccc3C2=O)c(C)n1-c1ccc(F)c(Cl)c1. The van der Waals surface area contributed by atoms with Gasteiger partial charge in [0.2, 0.25) is 0 Å². The zero-order valence-corrected chi connectivity index (χ0v) is 16.5. The summed E-state index contributed by atoms with van der Waals surface area (Å²) in [6, 6.07) is 12.5. The van der Waals surface area contributed by atoms with Gasteiger partial charge in [0.05, 0.1) is 22.7 Å². The summed E-state index contributed by atoms with van der Waals surface area (Å²) in [6.45, 7) is 3.21. The number of fused-ring (bicyclic) bond motifs is 1. The fourth-order valence-corrected chi connectivity index (χ4v) is 3.85. The number of hydrogen-bond acceptors (Lipinski definition) is 3. The van der Waals surface area contributed by atoms with Crippen LogP contribution in [0.3, 0.4) is 0 Å². The van der Waals surface area contributed by atoms with Crippen molar-refractivity contribution < 1.29 is 18.8 Å². The highest BCUT2D eigenvalue weighted by atomic mass is 35.5. The number of amides is 2. The van der Waals surface area contributed by atoms with Crippen LogP contribution in [0.1, 0.15) is 42.5 Å². The van der Waals surface area contributed by atoms with Crippen molar-refractivity contribution in [3.63, 3.8) is 0 Å². The Labute approximate surface area is 171 Å². The second-order valence-electron chi connectivity index (χ2n) is 6.88. The second kappa shape index (κ2) is 6.97. The zero-order chi connectivity index (χ0) is 20.9. The van der Waals surface area contributed by atoms with E-state index >= 15 is 0 Å². The first-order valence-corrected chi connectivity index (χ1v) is 9.30. The van der Waals surface area contributed by atoms with Gasteiger partial charge in [0.25, 0.3) is 11.8 Å². The van der Waals surface area contributed by atoms with Crippen LogP contribution in [0.25, 0.3) is 5.69 Å². The highest BCUT2D eigenvalue weighted by molar-refractivity contribution is 6.30. The molecule has 0 atom stereocenters. The summed E-state index contributed by atoms with van der Waals surface area (Å²) in [4.78, 5) is 38.9. The lowest BCUT2D eigenvalue weighted by Crippen LogP contribution is -2.35. The summed E-state index contributed by atoms with van der Waals surface area (Å²) in [5.41, 5.74) is 2.97. The van der Waals surface area contributed by atoms with Gasteiger partial charge in [0.15, 0.2) is 5.78 Å². The van der Waals surface area contributed by atoms with Gasteiger partial charge in [-0.15, -0.1) is 0 Å².